The fourth-order valence-electron chi connectivity index (χ4n) is 4.84. The van der Waals surface area contributed by atoms with Crippen molar-refractivity contribution in [3.8, 4) is 5.75 Å². The molecule has 3 atom stereocenters. The molecule has 3 aromatic rings. The Kier molecular flexibility index (Phi) is 14.3. The number of halogens is 6. The van der Waals surface area contributed by atoms with Crippen LogP contribution in [0.3, 0.4) is 0 Å². The topological polar surface area (TPSA) is 159 Å². The Bertz CT molecular complexity index is 1770. The second kappa shape index (κ2) is 17.9. The summed E-state index contributed by atoms with van der Waals surface area (Å²) in [5.41, 5.74) is 1.24. The molecule has 2 aromatic carbocycles. The summed E-state index contributed by atoms with van der Waals surface area (Å²) in [4.78, 5) is 72.0. The first kappa shape index (κ1) is 42.1. The van der Waals surface area contributed by atoms with Gasteiger partial charge >= 0.3 is 12.1 Å². The highest BCUT2D eigenvalue weighted by Crippen LogP contribution is 2.24. The minimum atomic E-state index is -5.04. The van der Waals surface area contributed by atoms with Crippen molar-refractivity contribution in [1.82, 2.24) is 26.3 Å². The zero-order chi connectivity index (χ0) is 39.7. The van der Waals surface area contributed by atoms with E-state index in [0.717, 1.165) is 5.32 Å². The minimum Gasteiger partial charge on any atom is -0.497 e. The van der Waals surface area contributed by atoms with E-state index in [9.17, 15) is 45.9 Å². The molecule has 0 fully saturated rings. The average Bonchev–Trinajstić information content (AvgIpc) is 3.10. The van der Waals surface area contributed by atoms with Crippen molar-refractivity contribution in [3.05, 3.63) is 88.7 Å². The van der Waals surface area contributed by atoms with Crippen molar-refractivity contribution in [2.75, 3.05) is 32.6 Å². The van der Waals surface area contributed by atoms with Gasteiger partial charge in [0.1, 0.15) is 30.1 Å². The minimum absolute atomic E-state index is 0.0394. The van der Waals surface area contributed by atoms with Crippen molar-refractivity contribution in [2.24, 2.45) is 5.92 Å². The van der Waals surface area contributed by atoms with E-state index in [1.807, 2.05) is 0 Å². The summed E-state index contributed by atoms with van der Waals surface area (Å²) in [5.74, 6) is -13.3. The molecule has 0 saturated heterocycles. The van der Waals surface area contributed by atoms with Crippen molar-refractivity contribution < 1.29 is 50.7 Å². The lowest BCUT2D eigenvalue weighted by Gasteiger charge is -2.28. The lowest BCUT2D eigenvalue weighted by atomic mass is 9.94. The molecule has 12 nitrogen and oxygen atoms in total. The van der Waals surface area contributed by atoms with Gasteiger partial charge in [-0.2, -0.15) is 22.0 Å². The summed E-state index contributed by atoms with van der Waals surface area (Å²) < 4.78 is 72.7. The highest BCUT2D eigenvalue weighted by atomic mass is 35.5. The van der Waals surface area contributed by atoms with Crippen molar-refractivity contribution in [2.45, 2.75) is 50.5 Å². The maximum absolute atomic E-state index is 14.9. The van der Waals surface area contributed by atoms with Crippen LogP contribution in [0.5, 0.6) is 5.75 Å². The Morgan fingerprint density at radius 2 is 1.55 bits per heavy atom. The largest absolute Gasteiger partial charge is 0.497 e. The van der Waals surface area contributed by atoms with Gasteiger partial charge in [0.05, 0.1) is 25.0 Å². The highest BCUT2D eigenvalue weighted by molar-refractivity contribution is 6.30. The number of pyridine rings is 1. The number of rotatable bonds is 16. The zero-order valence-electron chi connectivity index (χ0n) is 29.2. The summed E-state index contributed by atoms with van der Waals surface area (Å²) in [5, 5.41) is 8.53. The molecule has 0 radical (unpaired) electrons. The number of carbonyl (C=O) groups excluding carboxylic acids is 5. The van der Waals surface area contributed by atoms with E-state index in [4.69, 9.17) is 16.3 Å². The number of ketones is 1. The maximum Gasteiger partial charge on any atom is 0.405 e. The van der Waals surface area contributed by atoms with Gasteiger partial charge in [0, 0.05) is 25.5 Å². The van der Waals surface area contributed by atoms with Gasteiger partial charge in [-0.25, -0.2) is 4.98 Å². The first-order valence-corrected chi connectivity index (χ1v) is 16.3. The molecule has 4 amide bonds. The van der Waals surface area contributed by atoms with Gasteiger partial charge in [-0.1, -0.05) is 49.7 Å². The Hall–Kier alpha value is -5.32. The third kappa shape index (κ3) is 11.8. The summed E-state index contributed by atoms with van der Waals surface area (Å²) >= 11 is 6.15. The molecule has 2 unspecified atom stereocenters. The number of amides is 4. The molecule has 1 heterocycles. The summed E-state index contributed by atoms with van der Waals surface area (Å²) in [7, 11) is 4.92. The number of anilines is 1. The normalized spacial score (nSPS) is 13.3. The van der Waals surface area contributed by atoms with Gasteiger partial charge in [0.25, 0.3) is 11.8 Å². The predicted octanol–water partition coefficient (Wildman–Crippen LogP) is 4.03. The summed E-state index contributed by atoms with van der Waals surface area (Å²) in [6.07, 6.45) is -3.74. The van der Waals surface area contributed by atoms with E-state index in [1.54, 1.807) is 49.3 Å². The molecule has 0 saturated carbocycles. The number of ether oxygens (including phenoxy) is 1. The molecular weight excluding hydrogens is 731 g/mol. The standard InChI is InChI=1S/C35H38ClF5N6O6/c1-19(2)27(29(48)35(40,41)33(52)43-18-34(37,38)39)45-32(51)28(21-9-12-24(53-5)13-10-21)46-31(50)26(16-20-7-6-8-22(36)15-20)44-30(49)25-14-11-23(17-42-25)47(3)4/h6-15,17,19,26-28H,16,18H2,1-5H3,(H,43,52)(H,44,49)(H,45,51)(H,46,50)/t26?,27-,28?/m0/s1. The first-order valence-electron chi connectivity index (χ1n) is 15.9. The Morgan fingerprint density at radius 1 is 0.887 bits per heavy atom. The number of nitrogens with one attached hydrogen (secondary N) is 4. The van der Waals surface area contributed by atoms with Crippen molar-refractivity contribution >= 4 is 46.7 Å². The summed E-state index contributed by atoms with van der Waals surface area (Å²) in [6.45, 7) is 0.385. The number of alkyl halides is 5. The molecule has 4 N–H and O–H groups in total. The van der Waals surface area contributed by atoms with Gasteiger partial charge in [-0.3, -0.25) is 24.0 Å². The number of aromatic nitrogens is 1. The Morgan fingerprint density at radius 3 is 2.08 bits per heavy atom. The fourth-order valence-corrected chi connectivity index (χ4v) is 5.05. The van der Waals surface area contributed by atoms with E-state index in [2.05, 4.69) is 20.9 Å². The summed E-state index contributed by atoms with van der Waals surface area (Å²) in [6, 6.07) is 9.88. The average molecular weight is 769 g/mol. The van der Waals surface area contributed by atoms with Crippen LogP contribution in [-0.2, 0) is 25.6 Å². The van der Waals surface area contributed by atoms with Crippen LogP contribution in [0.2, 0.25) is 5.02 Å². The van der Waals surface area contributed by atoms with Crippen LogP contribution >= 0.6 is 11.6 Å². The van der Waals surface area contributed by atoms with Gasteiger partial charge in [-0.15, -0.1) is 0 Å². The van der Waals surface area contributed by atoms with E-state index in [0.29, 0.717) is 22.0 Å². The molecule has 3 rings (SSSR count). The molecular formula is C35H38ClF5N6O6. The van der Waals surface area contributed by atoms with Gasteiger partial charge in [0.15, 0.2) is 0 Å². The second-order valence-electron chi connectivity index (χ2n) is 12.3. The van der Waals surface area contributed by atoms with E-state index >= 15 is 0 Å². The molecule has 53 heavy (non-hydrogen) atoms. The van der Waals surface area contributed by atoms with Gasteiger partial charge < -0.3 is 30.9 Å². The van der Waals surface area contributed by atoms with Crippen LogP contribution in [0.1, 0.15) is 41.5 Å². The predicted molar refractivity (Wildman–Crippen MR) is 185 cm³/mol. The first-order chi connectivity index (χ1) is 24.7. The fraction of sp³-hybridized carbons (Fsp3) is 0.371. The maximum atomic E-state index is 14.9. The number of benzene rings is 2. The zero-order valence-corrected chi connectivity index (χ0v) is 29.9. The van der Waals surface area contributed by atoms with Crippen molar-refractivity contribution in [3.63, 3.8) is 0 Å². The number of hydrogen-bond acceptors (Lipinski definition) is 8. The smallest absolute Gasteiger partial charge is 0.405 e. The van der Waals surface area contributed by atoms with E-state index in [-0.39, 0.29) is 17.7 Å². The number of hydrogen-bond donors (Lipinski definition) is 4. The SMILES string of the molecule is COc1ccc(C(NC(=O)C(Cc2cccc(Cl)c2)NC(=O)c2ccc(N(C)C)cn2)C(=O)N[C@H](C(=O)C(F)(F)C(=O)NCC(F)(F)F)C(C)C)cc1. The van der Waals surface area contributed by atoms with Crippen LogP contribution in [0, 0.1) is 5.92 Å². The Balaban J connectivity index is 1.97. The van der Waals surface area contributed by atoms with Crippen LogP contribution < -0.4 is 30.9 Å². The number of nitrogens with zero attached hydrogens (tertiary/aromatic N) is 2. The second-order valence-corrected chi connectivity index (χ2v) is 12.8. The monoisotopic (exact) mass is 768 g/mol. The van der Waals surface area contributed by atoms with Crippen LogP contribution in [-0.4, -0.2) is 86.3 Å². The molecule has 0 aliphatic rings. The lowest BCUT2D eigenvalue weighted by Crippen LogP contribution is -2.58. The quantitative estimate of drug-likeness (QED) is 0.126. The molecule has 0 aliphatic carbocycles. The van der Waals surface area contributed by atoms with Crippen molar-refractivity contribution in [1.29, 1.82) is 0 Å². The molecule has 0 bridgehead atoms. The molecule has 0 spiro atoms. The van der Waals surface area contributed by atoms with Crippen LogP contribution in [0.25, 0.3) is 0 Å². The third-order valence-corrected chi connectivity index (χ3v) is 7.97. The van der Waals surface area contributed by atoms with Crippen LogP contribution in [0.15, 0.2) is 66.9 Å². The van der Waals surface area contributed by atoms with Gasteiger partial charge in [-0.05, 0) is 53.4 Å². The molecule has 1 aromatic heterocycles. The number of Topliss-reactive ketones (excluding diaryl/α,β-unsaturated/α-hetero) is 1. The lowest BCUT2D eigenvalue weighted by molar-refractivity contribution is -0.165. The molecule has 286 valence electrons. The Labute approximate surface area is 306 Å². The number of methoxy groups -OCH3 is 1. The van der Waals surface area contributed by atoms with E-state index in [1.165, 1.54) is 57.5 Å². The third-order valence-electron chi connectivity index (χ3n) is 7.74. The molecule has 0 aliphatic heterocycles. The highest BCUT2D eigenvalue weighted by Gasteiger charge is 2.52. The van der Waals surface area contributed by atoms with E-state index < -0.39 is 72.1 Å². The number of carbonyl (C=O) groups is 5. The van der Waals surface area contributed by atoms with Gasteiger partial charge in [0.2, 0.25) is 17.6 Å². The molecule has 18 heteroatoms. The van der Waals surface area contributed by atoms with Crippen LogP contribution in [0.4, 0.5) is 27.6 Å².